The van der Waals surface area contributed by atoms with Crippen molar-refractivity contribution >= 4 is 11.6 Å². The highest BCUT2D eigenvalue weighted by Crippen LogP contribution is 2.37. The molecule has 68 valence electrons. The van der Waals surface area contributed by atoms with E-state index < -0.39 is 17.5 Å². The van der Waals surface area contributed by atoms with Gasteiger partial charge in [0.05, 0.1) is 11.3 Å². The van der Waals surface area contributed by atoms with Crippen molar-refractivity contribution in [3.05, 3.63) is 23.8 Å². The van der Waals surface area contributed by atoms with Crippen LogP contribution in [-0.4, -0.2) is 11.6 Å². The average Bonchev–Trinajstić information content (AvgIpc) is 1.92. The van der Waals surface area contributed by atoms with Crippen molar-refractivity contribution in [2.75, 3.05) is 0 Å². The summed E-state index contributed by atoms with van der Waals surface area (Å²) in [6, 6.07) is 0. The van der Waals surface area contributed by atoms with E-state index in [0.717, 1.165) is 6.08 Å². The summed E-state index contributed by atoms with van der Waals surface area (Å²) in [5.74, 6) is -1.54. The summed E-state index contributed by atoms with van der Waals surface area (Å²) in [7, 11) is 0. The molecule has 2 atom stereocenters. The van der Waals surface area contributed by atoms with Gasteiger partial charge >= 0.3 is 6.18 Å². The Kier molecular flexibility index (Phi) is 2.52. The van der Waals surface area contributed by atoms with E-state index >= 15 is 0 Å². The van der Waals surface area contributed by atoms with E-state index in [9.17, 15) is 13.2 Å². The van der Waals surface area contributed by atoms with Gasteiger partial charge in [0.1, 0.15) is 0 Å². The normalized spacial score (nSPS) is 30.2. The van der Waals surface area contributed by atoms with Gasteiger partial charge in [-0.25, -0.2) is 0 Å². The van der Waals surface area contributed by atoms with Crippen LogP contribution < -0.4 is 0 Å². The average molecular weight is 197 g/mol. The van der Waals surface area contributed by atoms with Gasteiger partial charge in [-0.15, -0.1) is 11.6 Å². The predicted molar refractivity (Wildman–Crippen MR) is 42.1 cm³/mol. The highest BCUT2D eigenvalue weighted by molar-refractivity contribution is 6.22. The van der Waals surface area contributed by atoms with Gasteiger partial charge in [0.25, 0.3) is 0 Å². The van der Waals surface area contributed by atoms with Crippen LogP contribution in [0.25, 0.3) is 0 Å². The van der Waals surface area contributed by atoms with Crippen LogP contribution in [0.15, 0.2) is 23.8 Å². The topological polar surface area (TPSA) is 0 Å². The zero-order chi connectivity index (χ0) is 9.35. The van der Waals surface area contributed by atoms with Crippen LogP contribution in [0.4, 0.5) is 13.2 Å². The number of hydrogen-bond donors (Lipinski definition) is 0. The maximum absolute atomic E-state index is 12.2. The molecule has 0 N–H and O–H groups in total. The van der Waals surface area contributed by atoms with E-state index in [1.807, 2.05) is 0 Å². The molecule has 1 aliphatic carbocycles. The molecule has 2 unspecified atom stereocenters. The van der Waals surface area contributed by atoms with Crippen molar-refractivity contribution in [3.8, 4) is 0 Å². The Labute approximate surface area is 73.7 Å². The van der Waals surface area contributed by atoms with Crippen LogP contribution in [-0.2, 0) is 0 Å². The fraction of sp³-hybridized carbons (Fsp3) is 0.500. The monoisotopic (exact) mass is 196 g/mol. The number of rotatable bonds is 0. The summed E-state index contributed by atoms with van der Waals surface area (Å²) < 4.78 is 36.6. The van der Waals surface area contributed by atoms with Gasteiger partial charge in [-0.1, -0.05) is 23.8 Å². The molecule has 0 amide bonds. The molecule has 0 aromatic heterocycles. The molecule has 0 nitrogen and oxygen atoms in total. The van der Waals surface area contributed by atoms with Crippen LogP contribution in [0.1, 0.15) is 6.92 Å². The Hall–Kier alpha value is -0.440. The first-order chi connectivity index (χ1) is 5.43. The maximum Gasteiger partial charge on any atom is 0.396 e. The first-order valence-corrected chi connectivity index (χ1v) is 3.92. The molecule has 0 aromatic carbocycles. The lowest BCUT2D eigenvalue weighted by Crippen LogP contribution is -2.31. The van der Waals surface area contributed by atoms with Crippen LogP contribution in [0.5, 0.6) is 0 Å². The predicted octanol–water partition coefficient (Wildman–Crippen LogP) is 3.29. The molecule has 0 saturated heterocycles. The van der Waals surface area contributed by atoms with E-state index in [1.165, 1.54) is 6.08 Å². The third kappa shape index (κ3) is 1.83. The van der Waals surface area contributed by atoms with Crippen molar-refractivity contribution < 1.29 is 13.2 Å². The van der Waals surface area contributed by atoms with E-state index in [4.69, 9.17) is 11.6 Å². The van der Waals surface area contributed by atoms with Crippen LogP contribution in [0.2, 0.25) is 0 Å². The summed E-state index contributed by atoms with van der Waals surface area (Å²) >= 11 is 5.58. The Bertz CT molecular complexity index is 227. The minimum atomic E-state index is -4.24. The molecule has 1 aliphatic rings. The first kappa shape index (κ1) is 9.65. The van der Waals surface area contributed by atoms with Crippen molar-refractivity contribution in [1.29, 1.82) is 0 Å². The molecule has 1 rings (SSSR count). The van der Waals surface area contributed by atoms with Crippen molar-refractivity contribution in [1.82, 2.24) is 0 Å². The lowest BCUT2D eigenvalue weighted by Gasteiger charge is -2.24. The molecule has 0 saturated carbocycles. The molecule has 4 heteroatoms. The fourth-order valence-electron chi connectivity index (χ4n) is 1.07. The Morgan fingerprint density at radius 1 is 1.42 bits per heavy atom. The smallest absolute Gasteiger partial charge is 0.170 e. The van der Waals surface area contributed by atoms with E-state index in [-0.39, 0.29) is 0 Å². The molecular weight excluding hydrogens is 189 g/mol. The summed E-state index contributed by atoms with van der Waals surface area (Å²) in [5, 5.41) is -0.949. The number of allylic oxidation sites excluding steroid dienone is 4. The molecule has 0 fully saturated rings. The van der Waals surface area contributed by atoms with Gasteiger partial charge in [-0.3, -0.25) is 0 Å². The van der Waals surface area contributed by atoms with Crippen molar-refractivity contribution in [3.63, 3.8) is 0 Å². The lowest BCUT2D eigenvalue weighted by molar-refractivity contribution is -0.159. The highest BCUT2D eigenvalue weighted by Gasteiger charge is 2.43. The van der Waals surface area contributed by atoms with Gasteiger partial charge in [-0.2, -0.15) is 13.2 Å². The Morgan fingerprint density at radius 2 is 2.00 bits per heavy atom. The van der Waals surface area contributed by atoms with Gasteiger partial charge < -0.3 is 0 Å². The number of hydrogen-bond acceptors (Lipinski definition) is 0. The first-order valence-electron chi connectivity index (χ1n) is 3.48. The number of alkyl halides is 4. The molecule has 0 bridgehead atoms. The Morgan fingerprint density at radius 3 is 2.42 bits per heavy atom. The third-order valence-corrected chi connectivity index (χ3v) is 2.42. The molecule has 0 radical (unpaired) electrons. The second-order valence-electron chi connectivity index (χ2n) is 2.76. The third-order valence-electron chi connectivity index (χ3n) is 1.81. The minimum absolute atomic E-state index is 0.557. The van der Waals surface area contributed by atoms with Gasteiger partial charge in [-0.05, 0) is 6.92 Å². The SMILES string of the molecule is CC1=CC=CC(C(F)(F)F)C1Cl. The summed E-state index contributed by atoms with van der Waals surface area (Å²) in [5.41, 5.74) is 0.557. The van der Waals surface area contributed by atoms with Crippen LogP contribution in [0.3, 0.4) is 0 Å². The summed E-state index contributed by atoms with van der Waals surface area (Å²) in [6.07, 6.45) is -0.157. The standard InChI is InChI=1S/C8H8ClF3/c1-5-3-2-4-6(7(5)9)8(10,11)12/h2-4,6-7H,1H3. The minimum Gasteiger partial charge on any atom is -0.170 e. The van der Waals surface area contributed by atoms with Crippen LogP contribution >= 0.6 is 11.6 Å². The van der Waals surface area contributed by atoms with Gasteiger partial charge in [0.15, 0.2) is 0 Å². The molecule has 0 aromatic rings. The quantitative estimate of drug-likeness (QED) is 0.522. The van der Waals surface area contributed by atoms with E-state index in [2.05, 4.69) is 0 Å². The second kappa shape index (κ2) is 3.13. The van der Waals surface area contributed by atoms with E-state index in [0.29, 0.717) is 5.57 Å². The van der Waals surface area contributed by atoms with Crippen LogP contribution in [0, 0.1) is 5.92 Å². The molecule has 12 heavy (non-hydrogen) atoms. The zero-order valence-corrected chi connectivity index (χ0v) is 7.15. The van der Waals surface area contributed by atoms with Crippen molar-refractivity contribution in [2.24, 2.45) is 5.92 Å². The summed E-state index contributed by atoms with van der Waals surface area (Å²) in [6.45, 7) is 1.60. The maximum atomic E-state index is 12.2. The Balaban J connectivity index is 2.84. The second-order valence-corrected chi connectivity index (χ2v) is 3.23. The lowest BCUT2D eigenvalue weighted by atomic mass is 9.94. The molecule has 0 aliphatic heterocycles. The summed E-state index contributed by atoms with van der Waals surface area (Å²) in [4.78, 5) is 0. The number of halogens is 4. The molecular formula is C8H8ClF3. The van der Waals surface area contributed by atoms with Gasteiger partial charge in [0.2, 0.25) is 0 Å². The van der Waals surface area contributed by atoms with Crippen molar-refractivity contribution in [2.45, 2.75) is 18.5 Å². The fourth-order valence-corrected chi connectivity index (χ4v) is 1.37. The largest absolute Gasteiger partial charge is 0.396 e. The van der Waals surface area contributed by atoms with Gasteiger partial charge in [0, 0.05) is 0 Å². The molecule has 0 heterocycles. The highest BCUT2D eigenvalue weighted by atomic mass is 35.5. The molecule has 0 spiro atoms. The van der Waals surface area contributed by atoms with E-state index in [1.54, 1.807) is 13.0 Å². The zero-order valence-electron chi connectivity index (χ0n) is 6.40.